The lowest BCUT2D eigenvalue weighted by atomic mass is 9.99. The van der Waals surface area contributed by atoms with Gasteiger partial charge in [0.05, 0.1) is 24.6 Å². The lowest BCUT2D eigenvalue weighted by Crippen LogP contribution is -2.54. The minimum atomic E-state index is -0.170. The molecule has 1 saturated carbocycles. The van der Waals surface area contributed by atoms with Gasteiger partial charge in [-0.25, -0.2) is 0 Å². The maximum atomic E-state index is 13.0. The van der Waals surface area contributed by atoms with Crippen molar-refractivity contribution >= 4 is 34.6 Å². The summed E-state index contributed by atoms with van der Waals surface area (Å²) in [7, 11) is 1.87. The summed E-state index contributed by atoms with van der Waals surface area (Å²) >= 11 is 0. The monoisotopic (exact) mass is 476 g/mol. The average Bonchev–Trinajstić information content (AvgIpc) is 3.17. The lowest BCUT2D eigenvalue weighted by Gasteiger charge is -2.44. The zero-order valence-electron chi connectivity index (χ0n) is 20.8. The van der Waals surface area contributed by atoms with Crippen molar-refractivity contribution in [2.75, 3.05) is 48.5 Å². The van der Waals surface area contributed by atoms with Gasteiger partial charge in [0.2, 0.25) is 5.91 Å². The van der Waals surface area contributed by atoms with Gasteiger partial charge in [-0.3, -0.25) is 9.59 Å². The molecule has 1 N–H and O–H groups in total. The van der Waals surface area contributed by atoms with Gasteiger partial charge in [-0.1, -0.05) is 25.7 Å². The van der Waals surface area contributed by atoms with E-state index >= 15 is 0 Å². The number of morpholine rings is 1. The highest BCUT2D eigenvalue weighted by atomic mass is 16.5. The van der Waals surface area contributed by atoms with Crippen LogP contribution >= 0.6 is 0 Å². The number of nitrogens with zero attached hydrogens (tertiary/aromatic N) is 3. The average molecular weight is 477 g/mol. The second kappa shape index (κ2) is 10.3. The van der Waals surface area contributed by atoms with Gasteiger partial charge in [-0.2, -0.15) is 0 Å². The van der Waals surface area contributed by atoms with E-state index in [9.17, 15) is 9.59 Å². The molecule has 3 aliphatic rings. The Morgan fingerprint density at radius 1 is 0.914 bits per heavy atom. The molecule has 0 bridgehead atoms. The Morgan fingerprint density at radius 2 is 1.57 bits per heavy atom. The predicted octanol–water partition coefficient (Wildman–Crippen LogP) is 4.80. The van der Waals surface area contributed by atoms with Crippen molar-refractivity contribution in [1.29, 1.82) is 0 Å². The van der Waals surface area contributed by atoms with Crippen molar-refractivity contribution in [1.82, 2.24) is 4.90 Å². The zero-order valence-corrected chi connectivity index (χ0v) is 20.8. The first-order valence-corrected chi connectivity index (χ1v) is 13.0. The summed E-state index contributed by atoms with van der Waals surface area (Å²) in [5.74, 6) is 0.206. The topological polar surface area (TPSA) is 65.1 Å². The predicted molar refractivity (Wildman–Crippen MR) is 140 cm³/mol. The summed E-state index contributed by atoms with van der Waals surface area (Å²) in [4.78, 5) is 31.8. The summed E-state index contributed by atoms with van der Waals surface area (Å²) in [6, 6.07) is 14.1. The number of hydrogen-bond donors (Lipinski definition) is 1. The maximum absolute atomic E-state index is 13.0. The van der Waals surface area contributed by atoms with E-state index in [1.807, 2.05) is 55.3 Å². The molecule has 2 amide bonds. The van der Waals surface area contributed by atoms with E-state index in [0.29, 0.717) is 37.9 Å². The molecule has 1 aliphatic carbocycles. The second-order valence-electron chi connectivity index (χ2n) is 9.94. The second-order valence-corrected chi connectivity index (χ2v) is 9.94. The van der Waals surface area contributed by atoms with E-state index in [1.165, 1.54) is 25.7 Å². The summed E-state index contributed by atoms with van der Waals surface area (Å²) < 4.78 is 5.35. The molecule has 5 rings (SSSR count). The third-order valence-corrected chi connectivity index (χ3v) is 7.66. The van der Waals surface area contributed by atoms with Crippen LogP contribution in [0.15, 0.2) is 42.5 Å². The van der Waals surface area contributed by atoms with Crippen LogP contribution in [0.25, 0.3) is 0 Å². The first-order chi connectivity index (χ1) is 17.0. The van der Waals surface area contributed by atoms with E-state index in [4.69, 9.17) is 4.74 Å². The normalized spacial score (nSPS) is 21.5. The number of hydrogen-bond acceptors (Lipinski definition) is 5. The molecular formula is C28H36N4O3. The van der Waals surface area contributed by atoms with Crippen LogP contribution in [0.5, 0.6) is 0 Å². The van der Waals surface area contributed by atoms with E-state index in [-0.39, 0.29) is 17.9 Å². The smallest absolute Gasteiger partial charge is 0.254 e. The molecule has 0 spiro atoms. The van der Waals surface area contributed by atoms with E-state index in [2.05, 4.69) is 16.3 Å². The Hall–Kier alpha value is -3.06. The number of fused-ring (bicyclic) bond motifs is 1. The summed E-state index contributed by atoms with van der Waals surface area (Å²) in [5, 5.41) is 3.50. The zero-order chi connectivity index (χ0) is 24.4. The van der Waals surface area contributed by atoms with Gasteiger partial charge < -0.3 is 24.8 Å². The molecule has 0 unspecified atom stereocenters. The molecule has 0 radical (unpaired) electrons. The molecule has 7 heteroatoms. The van der Waals surface area contributed by atoms with Crippen LogP contribution in [-0.2, 0) is 9.53 Å². The van der Waals surface area contributed by atoms with Crippen LogP contribution in [0.1, 0.15) is 55.8 Å². The molecule has 2 fully saturated rings. The summed E-state index contributed by atoms with van der Waals surface area (Å²) in [5.41, 5.74) is 4.68. The third-order valence-electron chi connectivity index (χ3n) is 7.66. The third kappa shape index (κ3) is 4.87. The molecule has 0 aromatic heterocycles. The Labute approximate surface area is 208 Å². The molecule has 35 heavy (non-hydrogen) atoms. The SMILES string of the molecule is C[C@@H]1C(=O)N(C)c2ccc(Nc3ccc(C(=O)N4CCOCC4)cc3)cc2N1C1CCCCCC1. The molecule has 2 aromatic rings. The molecule has 7 nitrogen and oxygen atoms in total. The number of likely N-dealkylation sites (N-methyl/N-ethyl adjacent to an activating group) is 1. The van der Waals surface area contributed by atoms with E-state index in [0.717, 1.165) is 35.6 Å². The Kier molecular flexibility index (Phi) is 6.95. The van der Waals surface area contributed by atoms with Gasteiger partial charge in [0.25, 0.3) is 5.91 Å². The standard InChI is InChI=1S/C28H36N4O3/c1-20-27(33)30(2)25-14-13-23(19-26(25)32(20)24-7-5-3-4-6-8-24)29-22-11-9-21(10-12-22)28(34)31-15-17-35-18-16-31/h9-14,19-20,24,29H,3-8,15-18H2,1-2H3/t20-/m1/s1. The van der Waals surface area contributed by atoms with Crippen molar-refractivity contribution in [3.8, 4) is 0 Å². The molecule has 1 atom stereocenters. The Balaban J connectivity index is 1.37. The number of anilines is 4. The fourth-order valence-electron chi connectivity index (χ4n) is 5.68. The van der Waals surface area contributed by atoms with Gasteiger partial charge in [0, 0.05) is 43.1 Å². The highest BCUT2D eigenvalue weighted by Gasteiger charge is 2.37. The van der Waals surface area contributed by atoms with Crippen molar-refractivity contribution in [2.24, 2.45) is 0 Å². The van der Waals surface area contributed by atoms with Crippen molar-refractivity contribution < 1.29 is 14.3 Å². The Bertz CT molecular complexity index is 1060. The first-order valence-electron chi connectivity index (χ1n) is 13.0. The van der Waals surface area contributed by atoms with Crippen LogP contribution in [-0.4, -0.2) is 62.1 Å². The molecule has 1 saturated heterocycles. The van der Waals surface area contributed by atoms with Gasteiger partial charge >= 0.3 is 0 Å². The van der Waals surface area contributed by atoms with Crippen LogP contribution in [0.2, 0.25) is 0 Å². The molecule has 2 aromatic carbocycles. The number of benzene rings is 2. The minimum absolute atomic E-state index is 0.0503. The number of carbonyl (C=O) groups excluding carboxylic acids is 2. The van der Waals surface area contributed by atoms with Crippen LogP contribution in [0.4, 0.5) is 22.7 Å². The fourth-order valence-corrected chi connectivity index (χ4v) is 5.68. The van der Waals surface area contributed by atoms with E-state index in [1.54, 1.807) is 4.90 Å². The molecule has 2 aliphatic heterocycles. The quantitative estimate of drug-likeness (QED) is 0.643. The lowest BCUT2D eigenvalue weighted by molar-refractivity contribution is -0.119. The number of carbonyl (C=O) groups is 2. The number of nitrogens with one attached hydrogen (secondary N) is 1. The number of rotatable bonds is 4. The number of ether oxygens (including phenoxy) is 1. The van der Waals surface area contributed by atoms with Crippen LogP contribution in [0, 0.1) is 0 Å². The summed E-state index contributed by atoms with van der Waals surface area (Å²) in [6.07, 6.45) is 7.28. The summed E-state index contributed by atoms with van der Waals surface area (Å²) in [6.45, 7) is 4.51. The van der Waals surface area contributed by atoms with Gasteiger partial charge in [0.1, 0.15) is 6.04 Å². The molecule has 186 valence electrons. The van der Waals surface area contributed by atoms with Crippen molar-refractivity contribution in [3.63, 3.8) is 0 Å². The van der Waals surface area contributed by atoms with Crippen molar-refractivity contribution in [3.05, 3.63) is 48.0 Å². The first kappa shape index (κ1) is 23.7. The number of amides is 2. The minimum Gasteiger partial charge on any atom is -0.378 e. The van der Waals surface area contributed by atoms with Gasteiger partial charge in [0.15, 0.2) is 0 Å². The van der Waals surface area contributed by atoms with Gasteiger partial charge in [-0.15, -0.1) is 0 Å². The van der Waals surface area contributed by atoms with Gasteiger partial charge in [-0.05, 0) is 62.2 Å². The molecular weight excluding hydrogens is 440 g/mol. The maximum Gasteiger partial charge on any atom is 0.254 e. The van der Waals surface area contributed by atoms with Crippen molar-refractivity contribution in [2.45, 2.75) is 57.5 Å². The molecule has 2 heterocycles. The highest BCUT2D eigenvalue weighted by molar-refractivity contribution is 6.05. The Morgan fingerprint density at radius 3 is 2.26 bits per heavy atom. The highest BCUT2D eigenvalue weighted by Crippen LogP contribution is 2.41. The van der Waals surface area contributed by atoms with Crippen LogP contribution < -0.4 is 15.1 Å². The largest absolute Gasteiger partial charge is 0.378 e. The van der Waals surface area contributed by atoms with E-state index < -0.39 is 0 Å². The van der Waals surface area contributed by atoms with Crippen LogP contribution in [0.3, 0.4) is 0 Å². The fraction of sp³-hybridized carbons (Fsp3) is 0.500.